The average Bonchev–Trinajstić information content (AvgIpc) is 2.94. The third-order valence-corrected chi connectivity index (χ3v) is 10.1. The number of hydrogen-bond donors (Lipinski definition) is 2. The number of nitrogens with zero attached hydrogens (tertiary/aromatic N) is 1. The summed E-state index contributed by atoms with van der Waals surface area (Å²) in [5, 5.41) is 2.19. The lowest BCUT2D eigenvalue weighted by molar-refractivity contribution is -0.137. The summed E-state index contributed by atoms with van der Waals surface area (Å²) >= 11 is 18.1. The highest BCUT2D eigenvalue weighted by molar-refractivity contribution is 7.93. The van der Waals surface area contributed by atoms with Crippen LogP contribution in [0.1, 0.15) is 5.56 Å². The molecule has 16 heteroatoms. The molecule has 0 aliphatic carbocycles. The molecular weight excluding hydrogens is 674 g/mol. The molecule has 2 N–H and O–H groups in total. The fourth-order valence-electron chi connectivity index (χ4n) is 3.73. The van der Waals surface area contributed by atoms with Crippen LogP contribution in [0.4, 0.5) is 30.2 Å². The molecule has 4 rings (SSSR count). The van der Waals surface area contributed by atoms with Crippen LogP contribution in [0.5, 0.6) is 0 Å². The Morgan fingerprint density at radius 1 is 0.767 bits per heavy atom. The number of hydrogen-bond acceptors (Lipinski definition) is 5. The molecule has 43 heavy (non-hydrogen) atoms. The lowest BCUT2D eigenvalue weighted by Crippen LogP contribution is -2.38. The summed E-state index contributed by atoms with van der Waals surface area (Å²) in [5.41, 5.74) is -1.64. The van der Waals surface area contributed by atoms with Gasteiger partial charge in [0.05, 0.1) is 41.8 Å². The highest BCUT2D eigenvalue weighted by Gasteiger charge is 2.34. The lowest BCUT2D eigenvalue weighted by Gasteiger charge is -2.26. The van der Waals surface area contributed by atoms with Crippen LogP contribution < -0.4 is 14.3 Å². The first kappa shape index (κ1) is 32.4. The molecule has 0 spiro atoms. The number of rotatable bonds is 9. The summed E-state index contributed by atoms with van der Waals surface area (Å²) in [6.45, 7) is -0.965. The maximum Gasteiger partial charge on any atom is 0.416 e. The quantitative estimate of drug-likeness (QED) is 0.191. The zero-order chi connectivity index (χ0) is 31.6. The Kier molecular flexibility index (Phi) is 9.52. The number of nitrogens with one attached hydrogen (secondary N) is 2. The van der Waals surface area contributed by atoms with E-state index in [0.717, 1.165) is 6.07 Å². The summed E-state index contributed by atoms with van der Waals surface area (Å²) in [4.78, 5) is 12.5. The number of halogens is 6. The predicted octanol–water partition coefficient (Wildman–Crippen LogP) is 7.30. The molecule has 4 aromatic rings. The summed E-state index contributed by atoms with van der Waals surface area (Å²) in [5.74, 6) is -0.951. The minimum atomic E-state index is -4.82. The Labute approximate surface area is 260 Å². The van der Waals surface area contributed by atoms with Gasteiger partial charge in [-0.1, -0.05) is 59.1 Å². The number of amides is 1. The molecule has 226 valence electrons. The topological polar surface area (TPSA) is 113 Å². The van der Waals surface area contributed by atoms with E-state index in [9.17, 15) is 34.8 Å². The summed E-state index contributed by atoms with van der Waals surface area (Å²) in [6, 6.07) is 18.1. The fourth-order valence-corrected chi connectivity index (χ4v) is 6.93. The van der Waals surface area contributed by atoms with Crippen LogP contribution >= 0.6 is 34.8 Å². The molecule has 0 aliphatic heterocycles. The molecule has 0 aromatic heterocycles. The standard InChI is InChI=1S/C27H19Cl3F3N3O5S2/c28-21-14-9-17(27(31,32)33)15-24(21)36(43(40,41)20-5-2-1-3-6-20)16-25(37)34-18-10-12-19(13-11-18)42(38,39)35-23-8-4-7-22(29)26(23)30/h1-15,35H,16H2,(H,34,37). The van der Waals surface area contributed by atoms with Crippen molar-refractivity contribution in [3.05, 3.63) is 112 Å². The van der Waals surface area contributed by atoms with Gasteiger partial charge in [0, 0.05) is 5.69 Å². The molecule has 0 unspecified atom stereocenters. The third-order valence-electron chi connectivity index (χ3n) is 5.80. The Morgan fingerprint density at radius 2 is 1.42 bits per heavy atom. The van der Waals surface area contributed by atoms with Gasteiger partial charge in [0.25, 0.3) is 20.0 Å². The number of carbonyl (C=O) groups is 1. The molecule has 8 nitrogen and oxygen atoms in total. The minimum absolute atomic E-state index is 0.00694. The summed E-state index contributed by atoms with van der Waals surface area (Å²) in [7, 11) is -8.70. The molecular formula is C27H19Cl3F3N3O5S2. The van der Waals surface area contributed by atoms with Gasteiger partial charge in [0.15, 0.2) is 0 Å². The van der Waals surface area contributed by atoms with Crippen molar-refractivity contribution in [1.29, 1.82) is 0 Å². The van der Waals surface area contributed by atoms with Gasteiger partial charge < -0.3 is 5.32 Å². The number of carbonyl (C=O) groups excluding carboxylic acids is 1. The number of sulfonamides is 2. The zero-order valence-electron chi connectivity index (χ0n) is 21.4. The van der Waals surface area contributed by atoms with Crippen molar-refractivity contribution in [2.24, 2.45) is 0 Å². The maximum atomic E-state index is 13.5. The van der Waals surface area contributed by atoms with E-state index in [4.69, 9.17) is 34.8 Å². The van der Waals surface area contributed by atoms with Gasteiger partial charge in [-0.25, -0.2) is 16.8 Å². The average molecular weight is 693 g/mol. The largest absolute Gasteiger partial charge is 0.416 e. The summed E-state index contributed by atoms with van der Waals surface area (Å²) in [6.07, 6.45) is -4.82. The fraction of sp³-hybridized carbons (Fsp3) is 0.0741. The van der Waals surface area contributed by atoms with Gasteiger partial charge in [-0.15, -0.1) is 0 Å². The highest BCUT2D eigenvalue weighted by atomic mass is 35.5. The van der Waals surface area contributed by atoms with E-state index in [1.807, 2.05) is 0 Å². The first-order valence-electron chi connectivity index (χ1n) is 11.9. The van der Waals surface area contributed by atoms with Gasteiger partial charge in [-0.2, -0.15) is 13.2 Å². The molecule has 0 radical (unpaired) electrons. The molecule has 0 fully saturated rings. The Hall–Kier alpha value is -3.49. The van der Waals surface area contributed by atoms with Crippen LogP contribution in [-0.4, -0.2) is 29.3 Å². The first-order valence-corrected chi connectivity index (χ1v) is 16.0. The molecule has 0 saturated carbocycles. The van der Waals surface area contributed by atoms with Crippen molar-refractivity contribution in [3.8, 4) is 0 Å². The van der Waals surface area contributed by atoms with E-state index in [0.29, 0.717) is 16.4 Å². The molecule has 0 atom stereocenters. The number of anilines is 3. The Balaban J connectivity index is 1.60. The van der Waals surface area contributed by atoms with Gasteiger partial charge in [-0.05, 0) is 66.7 Å². The van der Waals surface area contributed by atoms with E-state index in [1.54, 1.807) is 0 Å². The molecule has 0 heterocycles. The zero-order valence-corrected chi connectivity index (χ0v) is 25.3. The second-order valence-electron chi connectivity index (χ2n) is 8.77. The van der Waals surface area contributed by atoms with Crippen LogP contribution in [0.2, 0.25) is 15.1 Å². The first-order chi connectivity index (χ1) is 20.1. The van der Waals surface area contributed by atoms with Crippen LogP contribution in [0.3, 0.4) is 0 Å². The van der Waals surface area contributed by atoms with Gasteiger partial charge in [-0.3, -0.25) is 13.8 Å². The lowest BCUT2D eigenvalue weighted by atomic mass is 10.2. The predicted molar refractivity (Wildman–Crippen MR) is 160 cm³/mol. The monoisotopic (exact) mass is 691 g/mol. The molecule has 0 aliphatic rings. The van der Waals surface area contributed by atoms with E-state index in [-0.39, 0.29) is 36.2 Å². The Morgan fingerprint density at radius 3 is 2.05 bits per heavy atom. The van der Waals surface area contributed by atoms with Crippen molar-refractivity contribution < 1.29 is 34.8 Å². The smallest absolute Gasteiger partial charge is 0.325 e. The van der Waals surface area contributed by atoms with Crippen molar-refractivity contribution in [2.75, 3.05) is 20.9 Å². The Bertz CT molecular complexity index is 1880. The second-order valence-corrected chi connectivity index (χ2v) is 13.5. The van der Waals surface area contributed by atoms with Crippen LogP contribution in [0, 0.1) is 0 Å². The minimum Gasteiger partial charge on any atom is -0.325 e. The van der Waals surface area contributed by atoms with Gasteiger partial charge in [0.1, 0.15) is 6.54 Å². The van der Waals surface area contributed by atoms with Crippen molar-refractivity contribution in [2.45, 2.75) is 16.0 Å². The second kappa shape index (κ2) is 12.6. The van der Waals surface area contributed by atoms with Crippen molar-refractivity contribution >= 4 is 77.8 Å². The SMILES string of the molecule is O=C(CN(c1cc(C(F)(F)F)ccc1Cl)S(=O)(=O)c1ccccc1)Nc1ccc(S(=O)(=O)Nc2cccc(Cl)c2Cl)cc1. The summed E-state index contributed by atoms with van der Waals surface area (Å²) < 4.78 is 95.8. The van der Waals surface area contributed by atoms with E-state index in [2.05, 4.69) is 10.0 Å². The molecule has 0 saturated heterocycles. The van der Waals surface area contributed by atoms with Crippen LogP contribution in [0.25, 0.3) is 0 Å². The highest BCUT2D eigenvalue weighted by Crippen LogP contribution is 2.37. The maximum absolute atomic E-state index is 13.5. The van der Waals surface area contributed by atoms with E-state index in [1.165, 1.54) is 72.8 Å². The third kappa shape index (κ3) is 7.54. The van der Waals surface area contributed by atoms with Gasteiger partial charge >= 0.3 is 6.18 Å². The number of benzene rings is 4. The normalized spacial score (nSPS) is 12.0. The van der Waals surface area contributed by atoms with Gasteiger partial charge in [0.2, 0.25) is 5.91 Å². The van der Waals surface area contributed by atoms with Crippen LogP contribution in [0.15, 0.2) is 101 Å². The van der Waals surface area contributed by atoms with E-state index < -0.39 is 49.9 Å². The van der Waals surface area contributed by atoms with Crippen molar-refractivity contribution in [3.63, 3.8) is 0 Å². The van der Waals surface area contributed by atoms with E-state index >= 15 is 0 Å². The molecule has 4 aromatic carbocycles. The molecule has 1 amide bonds. The number of alkyl halides is 3. The van der Waals surface area contributed by atoms with Crippen molar-refractivity contribution in [1.82, 2.24) is 0 Å². The molecule has 0 bridgehead atoms. The van der Waals surface area contributed by atoms with Crippen LogP contribution in [-0.2, 0) is 31.0 Å².